The summed E-state index contributed by atoms with van der Waals surface area (Å²) in [4.78, 5) is 24.8. The summed E-state index contributed by atoms with van der Waals surface area (Å²) in [5.74, 6) is -1.16. The second kappa shape index (κ2) is 6.05. The fourth-order valence-corrected chi connectivity index (χ4v) is 3.44. The van der Waals surface area contributed by atoms with Crippen LogP contribution in [0.5, 0.6) is 0 Å². The molecule has 0 atom stereocenters. The Morgan fingerprint density at radius 3 is 2.43 bits per heavy atom. The van der Waals surface area contributed by atoms with Gasteiger partial charge >= 0.3 is 5.97 Å². The highest BCUT2D eigenvalue weighted by molar-refractivity contribution is 9.10. The molecule has 6 heteroatoms. The van der Waals surface area contributed by atoms with Crippen LogP contribution in [0.25, 0.3) is 0 Å². The Bertz CT molecular complexity index is 566. The molecule has 3 N–H and O–H groups in total. The summed E-state index contributed by atoms with van der Waals surface area (Å²) in [5, 5.41) is 9.42. The van der Waals surface area contributed by atoms with Gasteiger partial charge in [0.05, 0.1) is 11.1 Å². The van der Waals surface area contributed by atoms with Crippen molar-refractivity contribution in [1.82, 2.24) is 0 Å². The van der Waals surface area contributed by atoms with Crippen molar-refractivity contribution in [3.05, 3.63) is 28.2 Å². The molecule has 0 bridgehead atoms. The Balaban J connectivity index is 2.16. The maximum atomic E-state index is 11.5. The zero-order valence-electron chi connectivity index (χ0n) is 11.9. The second-order valence-corrected chi connectivity index (χ2v) is 6.31. The van der Waals surface area contributed by atoms with E-state index in [2.05, 4.69) is 20.8 Å². The minimum absolute atomic E-state index is 0.455. The van der Waals surface area contributed by atoms with Gasteiger partial charge < -0.3 is 15.7 Å². The minimum atomic E-state index is -0.701. The minimum Gasteiger partial charge on any atom is -0.481 e. The molecular formula is C15H19BrN2O3. The van der Waals surface area contributed by atoms with Crippen LogP contribution in [-0.4, -0.2) is 30.1 Å². The molecule has 0 aliphatic carbocycles. The van der Waals surface area contributed by atoms with Crippen LogP contribution in [0.4, 0.5) is 5.69 Å². The standard InChI is InChI=1S/C15H19BrN2O3/c1-2-15(14(20)21)5-7-18(8-6-15)12-4-3-10(13(17)19)9-11(12)16/h3-4,9H,2,5-8H2,1H3,(H2,17,19)(H,20,21). The van der Waals surface area contributed by atoms with Gasteiger partial charge in [0.2, 0.25) is 5.91 Å². The zero-order chi connectivity index (χ0) is 15.6. The fourth-order valence-electron chi connectivity index (χ4n) is 2.81. The van der Waals surface area contributed by atoms with Crippen molar-refractivity contribution < 1.29 is 14.7 Å². The van der Waals surface area contributed by atoms with Crippen molar-refractivity contribution in [1.29, 1.82) is 0 Å². The smallest absolute Gasteiger partial charge is 0.309 e. The summed E-state index contributed by atoms with van der Waals surface area (Å²) in [6, 6.07) is 5.25. The highest BCUT2D eigenvalue weighted by Crippen LogP contribution is 2.38. The van der Waals surface area contributed by atoms with Crippen molar-refractivity contribution >= 4 is 33.5 Å². The van der Waals surface area contributed by atoms with Crippen molar-refractivity contribution in [3.8, 4) is 0 Å². The van der Waals surface area contributed by atoms with Crippen molar-refractivity contribution in [2.24, 2.45) is 11.1 Å². The molecule has 1 aliphatic rings. The number of amides is 1. The summed E-state index contributed by atoms with van der Waals surface area (Å²) >= 11 is 3.46. The van der Waals surface area contributed by atoms with E-state index in [0.717, 1.165) is 10.2 Å². The average molecular weight is 355 g/mol. The van der Waals surface area contributed by atoms with E-state index in [1.54, 1.807) is 12.1 Å². The number of carboxylic acids is 1. The Morgan fingerprint density at radius 1 is 1.38 bits per heavy atom. The van der Waals surface area contributed by atoms with Crippen LogP contribution in [-0.2, 0) is 4.79 Å². The van der Waals surface area contributed by atoms with Crippen molar-refractivity contribution in [2.45, 2.75) is 26.2 Å². The summed E-state index contributed by atoms with van der Waals surface area (Å²) in [7, 11) is 0. The number of hydrogen-bond donors (Lipinski definition) is 2. The number of nitrogens with zero attached hydrogens (tertiary/aromatic N) is 1. The van der Waals surface area contributed by atoms with Crippen LogP contribution in [0, 0.1) is 5.41 Å². The number of halogens is 1. The van der Waals surface area contributed by atoms with Gasteiger partial charge in [0.25, 0.3) is 0 Å². The molecule has 0 unspecified atom stereocenters. The molecule has 1 heterocycles. The second-order valence-electron chi connectivity index (χ2n) is 5.46. The van der Waals surface area contributed by atoms with Crippen molar-refractivity contribution in [3.63, 3.8) is 0 Å². The predicted molar refractivity (Wildman–Crippen MR) is 84.5 cm³/mol. The first-order valence-electron chi connectivity index (χ1n) is 6.97. The third kappa shape index (κ3) is 3.05. The largest absolute Gasteiger partial charge is 0.481 e. The van der Waals surface area contributed by atoms with Gasteiger partial charge in [-0.2, -0.15) is 0 Å². The highest BCUT2D eigenvalue weighted by Gasteiger charge is 2.40. The van der Waals surface area contributed by atoms with Gasteiger partial charge in [-0.3, -0.25) is 9.59 Å². The zero-order valence-corrected chi connectivity index (χ0v) is 13.5. The summed E-state index contributed by atoms with van der Waals surface area (Å²) < 4.78 is 0.804. The number of primary amides is 1. The molecule has 2 rings (SSSR count). The molecule has 0 radical (unpaired) electrons. The number of piperidine rings is 1. The third-order valence-corrected chi connectivity index (χ3v) is 5.06. The molecular weight excluding hydrogens is 336 g/mol. The Labute approximate surface area is 132 Å². The van der Waals surface area contributed by atoms with Crippen LogP contribution >= 0.6 is 15.9 Å². The SMILES string of the molecule is CCC1(C(=O)O)CCN(c2ccc(C(N)=O)cc2Br)CC1. The number of nitrogens with two attached hydrogens (primary N) is 1. The lowest BCUT2D eigenvalue weighted by atomic mass is 9.76. The maximum absolute atomic E-state index is 11.5. The first-order valence-corrected chi connectivity index (χ1v) is 7.76. The summed E-state index contributed by atoms with van der Waals surface area (Å²) in [5.41, 5.74) is 6.08. The van der Waals surface area contributed by atoms with E-state index in [0.29, 0.717) is 37.9 Å². The molecule has 21 heavy (non-hydrogen) atoms. The normalized spacial score (nSPS) is 17.5. The van der Waals surface area contributed by atoms with Gasteiger partial charge in [-0.05, 0) is 53.4 Å². The van der Waals surface area contributed by atoms with Gasteiger partial charge in [0.1, 0.15) is 0 Å². The summed E-state index contributed by atoms with van der Waals surface area (Å²) in [6.07, 6.45) is 1.91. The number of carbonyl (C=O) groups is 2. The lowest BCUT2D eigenvalue weighted by Gasteiger charge is -2.39. The Hall–Kier alpha value is -1.56. The Kier molecular flexibility index (Phi) is 4.56. The number of carbonyl (C=O) groups excluding carboxylic acids is 1. The van der Waals surface area contributed by atoms with Crippen LogP contribution < -0.4 is 10.6 Å². The van der Waals surface area contributed by atoms with Crippen LogP contribution in [0.1, 0.15) is 36.5 Å². The number of anilines is 1. The molecule has 1 fully saturated rings. The van der Waals surface area contributed by atoms with Crippen LogP contribution in [0.15, 0.2) is 22.7 Å². The molecule has 0 spiro atoms. The Morgan fingerprint density at radius 2 is 2.00 bits per heavy atom. The van der Waals surface area contributed by atoms with E-state index in [1.165, 1.54) is 0 Å². The molecule has 0 aromatic heterocycles. The van der Waals surface area contributed by atoms with E-state index >= 15 is 0 Å². The summed E-state index contributed by atoms with van der Waals surface area (Å²) in [6.45, 7) is 3.31. The number of carboxylic acid groups (broad SMARTS) is 1. The molecule has 114 valence electrons. The van der Waals surface area contributed by atoms with E-state index < -0.39 is 17.3 Å². The lowest BCUT2D eigenvalue weighted by molar-refractivity contribution is -0.150. The van der Waals surface area contributed by atoms with Gasteiger partial charge in [-0.15, -0.1) is 0 Å². The molecule has 5 nitrogen and oxygen atoms in total. The van der Waals surface area contributed by atoms with E-state index in [4.69, 9.17) is 5.73 Å². The number of benzene rings is 1. The molecule has 1 saturated heterocycles. The highest BCUT2D eigenvalue weighted by atomic mass is 79.9. The predicted octanol–water partition coefficient (Wildman–Crippen LogP) is 2.63. The van der Waals surface area contributed by atoms with Gasteiger partial charge in [-0.25, -0.2) is 0 Å². The molecule has 1 amide bonds. The first-order chi connectivity index (χ1) is 9.89. The van der Waals surface area contributed by atoms with E-state index in [1.807, 2.05) is 13.0 Å². The topological polar surface area (TPSA) is 83.6 Å². The maximum Gasteiger partial charge on any atom is 0.309 e. The lowest BCUT2D eigenvalue weighted by Crippen LogP contribution is -2.44. The van der Waals surface area contributed by atoms with Crippen LogP contribution in [0.2, 0.25) is 0 Å². The van der Waals surface area contributed by atoms with Crippen LogP contribution in [0.3, 0.4) is 0 Å². The van der Waals surface area contributed by atoms with Gasteiger partial charge in [0, 0.05) is 23.1 Å². The monoisotopic (exact) mass is 354 g/mol. The molecule has 1 aromatic rings. The quantitative estimate of drug-likeness (QED) is 0.870. The fraction of sp³-hybridized carbons (Fsp3) is 0.467. The average Bonchev–Trinajstić information content (AvgIpc) is 2.47. The van der Waals surface area contributed by atoms with E-state index in [-0.39, 0.29) is 0 Å². The van der Waals surface area contributed by atoms with Gasteiger partial charge in [0.15, 0.2) is 0 Å². The molecule has 0 saturated carbocycles. The van der Waals surface area contributed by atoms with E-state index in [9.17, 15) is 14.7 Å². The number of aliphatic carboxylic acids is 1. The number of hydrogen-bond acceptors (Lipinski definition) is 3. The number of rotatable bonds is 4. The molecule has 1 aromatic carbocycles. The third-order valence-electron chi connectivity index (χ3n) is 4.42. The molecule has 1 aliphatic heterocycles. The first kappa shape index (κ1) is 15.8. The van der Waals surface area contributed by atoms with Crippen molar-refractivity contribution in [2.75, 3.05) is 18.0 Å². The van der Waals surface area contributed by atoms with Gasteiger partial charge in [-0.1, -0.05) is 6.92 Å².